The van der Waals surface area contributed by atoms with Crippen molar-refractivity contribution in [2.24, 2.45) is 0 Å². The lowest BCUT2D eigenvalue weighted by molar-refractivity contribution is 0.312. The second kappa shape index (κ2) is 4.72. The highest BCUT2D eigenvalue weighted by Crippen LogP contribution is 2.26. The van der Waals surface area contributed by atoms with Crippen molar-refractivity contribution >= 4 is 5.69 Å². The molecule has 0 N–H and O–H groups in total. The minimum absolute atomic E-state index is 0.336. The Morgan fingerprint density at radius 1 is 1.24 bits per heavy atom. The minimum Gasteiger partial charge on any atom is -0.368 e. The lowest BCUT2D eigenvalue weighted by Crippen LogP contribution is -2.45. The first-order chi connectivity index (χ1) is 8.11. The molecule has 1 heterocycles. The summed E-state index contributed by atoms with van der Waals surface area (Å²) >= 11 is 0. The molecule has 0 amide bonds. The van der Waals surface area contributed by atoms with Crippen LogP contribution in [0.4, 0.5) is 10.1 Å². The van der Waals surface area contributed by atoms with Gasteiger partial charge in [0, 0.05) is 26.2 Å². The highest BCUT2D eigenvalue weighted by atomic mass is 19.1. The summed E-state index contributed by atoms with van der Waals surface area (Å²) in [6.45, 7) is 5.58. The molecule has 0 spiro atoms. The Bertz CT molecular complexity index is 456. The van der Waals surface area contributed by atoms with Gasteiger partial charge in [0.15, 0.2) is 0 Å². The molecule has 3 nitrogen and oxygen atoms in total. The van der Waals surface area contributed by atoms with Crippen molar-refractivity contribution in [1.29, 1.82) is 5.26 Å². The molecular weight excluding hydrogens is 217 g/mol. The van der Waals surface area contributed by atoms with Gasteiger partial charge in [-0.1, -0.05) is 0 Å². The zero-order valence-corrected chi connectivity index (χ0v) is 10.2. The Balaban J connectivity index is 2.35. The molecule has 0 aromatic heterocycles. The standard InChI is InChI=1S/C13H16FN3/c1-10-7-12(14)8-11(9-15)13(10)17-5-3-16(2)4-6-17/h7-8H,3-6H2,1-2H3. The number of aryl methyl sites for hydroxylation is 1. The van der Waals surface area contributed by atoms with Crippen LogP contribution in [0.5, 0.6) is 0 Å². The van der Waals surface area contributed by atoms with E-state index in [1.165, 1.54) is 12.1 Å². The fraction of sp³-hybridized carbons (Fsp3) is 0.462. The summed E-state index contributed by atoms with van der Waals surface area (Å²) in [5.41, 5.74) is 2.17. The van der Waals surface area contributed by atoms with Crippen LogP contribution in [-0.2, 0) is 0 Å². The van der Waals surface area contributed by atoms with E-state index in [0.717, 1.165) is 37.4 Å². The van der Waals surface area contributed by atoms with Crippen LogP contribution in [0.15, 0.2) is 12.1 Å². The van der Waals surface area contributed by atoms with E-state index in [4.69, 9.17) is 5.26 Å². The van der Waals surface area contributed by atoms with Crippen molar-refractivity contribution < 1.29 is 4.39 Å². The molecule has 17 heavy (non-hydrogen) atoms. The first-order valence-corrected chi connectivity index (χ1v) is 5.75. The van der Waals surface area contributed by atoms with Crippen molar-refractivity contribution in [3.8, 4) is 6.07 Å². The van der Waals surface area contributed by atoms with Gasteiger partial charge >= 0.3 is 0 Å². The smallest absolute Gasteiger partial charge is 0.124 e. The van der Waals surface area contributed by atoms with Crippen molar-refractivity contribution in [3.05, 3.63) is 29.1 Å². The minimum atomic E-state index is -0.336. The van der Waals surface area contributed by atoms with Gasteiger partial charge in [0.2, 0.25) is 0 Å². The number of halogens is 1. The van der Waals surface area contributed by atoms with E-state index in [1.807, 2.05) is 6.92 Å². The summed E-state index contributed by atoms with van der Waals surface area (Å²) in [5, 5.41) is 9.10. The van der Waals surface area contributed by atoms with E-state index in [2.05, 4.69) is 22.9 Å². The van der Waals surface area contributed by atoms with Crippen LogP contribution in [-0.4, -0.2) is 38.1 Å². The summed E-state index contributed by atoms with van der Waals surface area (Å²) in [7, 11) is 2.08. The van der Waals surface area contributed by atoms with Gasteiger partial charge in [0.25, 0.3) is 0 Å². The number of nitriles is 1. The molecule has 1 aliphatic heterocycles. The number of likely N-dealkylation sites (N-methyl/N-ethyl adjacent to an activating group) is 1. The second-order valence-electron chi connectivity index (χ2n) is 4.52. The molecule has 1 aromatic carbocycles. The molecule has 0 saturated carbocycles. The Morgan fingerprint density at radius 3 is 2.47 bits per heavy atom. The van der Waals surface area contributed by atoms with Crippen LogP contribution in [0.25, 0.3) is 0 Å². The highest BCUT2D eigenvalue weighted by molar-refractivity contribution is 5.64. The molecule has 1 aromatic rings. The molecule has 90 valence electrons. The van der Waals surface area contributed by atoms with E-state index in [1.54, 1.807) is 0 Å². The van der Waals surface area contributed by atoms with Gasteiger partial charge in [-0.25, -0.2) is 4.39 Å². The average Bonchev–Trinajstić information content (AvgIpc) is 2.30. The maximum absolute atomic E-state index is 13.2. The van der Waals surface area contributed by atoms with Crippen molar-refractivity contribution in [2.45, 2.75) is 6.92 Å². The number of hydrogen-bond donors (Lipinski definition) is 0. The molecule has 0 radical (unpaired) electrons. The van der Waals surface area contributed by atoms with Gasteiger partial charge in [-0.3, -0.25) is 0 Å². The van der Waals surface area contributed by atoms with Crippen LogP contribution < -0.4 is 4.90 Å². The molecular formula is C13H16FN3. The molecule has 0 aliphatic carbocycles. The number of rotatable bonds is 1. The number of benzene rings is 1. The number of nitrogens with zero attached hydrogens (tertiary/aromatic N) is 3. The van der Waals surface area contributed by atoms with Crippen LogP contribution >= 0.6 is 0 Å². The van der Waals surface area contributed by atoms with Gasteiger partial charge in [-0.05, 0) is 31.7 Å². The van der Waals surface area contributed by atoms with Gasteiger partial charge in [-0.2, -0.15) is 5.26 Å². The summed E-state index contributed by atoms with van der Waals surface area (Å²) in [6, 6.07) is 4.91. The topological polar surface area (TPSA) is 30.3 Å². The molecule has 0 atom stereocenters. The van der Waals surface area contributed by atoms with Crippen LogP contribution in [0.3, 0.4) is 0 Å². The van der Waals surface area contributed by atoms with Gasteiger partial charge in [-0.15, -0.1) is 0 Å². The number of piperazine rings is 1. The molecule has 0 unspecified atom stereocenters. The lowest BCUT2D eigenvalue weighted by Gasteiger charge is -2.35. The average molecular weight is 233 g/mol. The predicted octanol–water partition coefficient (Wildman–Crippen LogP) is 1.76. The molecule has 0 bridgehead atoms. The van der Waals surface area contributed by atoms with E-state index in [-0.39, 0.29) is 5.82 Å². The first-order valence-electron chi connectivity index (χ1n) is 5.75. The summed E-state index contributed by atoms with van der Waals surface area (Å²) in [5.74, 6) is -0.336. The Morgan fingerprint density at radius 2 is 1.88 bits per heavy atom. The Kier molecular flexibility index (Phi) is 3.30. The van der Waals surface area contributed by atoms with E-state index < -0.39 is 0 Å². The molecule has 2 rings (SSSR count). The van der Waals surface area contributed by atoms with Crippen LogP contribution in [0.2, 0.25) is 0 Å². The van der Waals surface area contributed by atoms with E-state index >= 15 is 0 Å². The largest absolute Gasteiger partial charge is 0.368 e. The second-order valence-corrected chi connectivity index (χ2v) is 4.52. The maximum Gasteiger partial charge on any atom is 0.124 e. The maximum atomic E-state index is 13.2. The van der Waals surface area contributed by atoms with Gasteiger partial charge in [0.05, 0.1) is 11.3 Å². The summed E-state index contributed by atoms with van der Waals surface area (Å²) in [6.07, 6.45) is 0. The van der Waals surface area contributed by atoms with Crippen molar-refractivity contribution in [2.75, 3.05) is 38.1 Å². The van der Waals surface area contributed by atoms with Gasteiger partial charge in [0.1, 0.15) is 11.9 Å². The molecule has 1 fully saturated rings. The number of hydrogen-bond acceptors (Lipinski definition) is 3. The monoisotopic (exact) mass is 233 g/mol. The van der Waals surface area contributed by atoms with E-state index in [0.29, 0.717) is 5.56 Å². The first kappa shape index (κ1) is 11.9. The van der Waals surface area contributed by atoms with Gasteiger partial charge < -0.3 is 9.80 Å². The fourth-order valence-electron chi connectivity index (χ4n) is 2.27. The summed E-state index contributed by atoms with van der Waals surface area (Å²) < 4.78 is 13.2. The Labute approximate surface area is 101 Å². The van der Waals surface area contributed by atoms with Crippen LogP contribution in [0.1, 0.15) is 11.1 Å². The molecule has 4 heteroatoms. The number of anilines is 1. The quantitative estimate of drug-likeness (QED) is 0.740. The molecule has 1 aliphatic rings. The Hall–Kier alpha value is -1.60. The highest BCUT2D eigenvalue weighted by Gasteiger charge is 2.19. The third-order valence-corrected chi connectivity index (χ3v) is 3.21. The third kappa shape index (κ3) is 2.40. The fourth-order valence-corrected chi connectivity index (χ4v) is 2.27. The van der Waals surface area contributed by atoms with Crippen molar-refractivity contribution in [1.82, 2.24) is 4.90 Å². The normalized spacial score (nSPS) is 16.9. The third-order valence-electron chi connectivity index (χ3n) is 3.21. The zero-order chi connectivity index (χ0) is 12.4. The van der Waals surface area contributed by atoms with Crippen molar-refractivity contribution in [3.63, 3.8) is 0 Å². The van der Waals surface area contributed by atoms with Crippen LogP contribution in [0, 0.1) is 24.1 Å². The lowest BCUT2D eigenvalue weighted by atomic mass is 10.1. The SMILES string of the molecule is Cc1cc(F)cc(C#N)c1N1CCN(C)CC1. The van der Waals surface area contributed by atoms with E-state index in [9.17, 15) is 4.39 Å². The summed E-state index contributed by atoms with van der Waals surface area (Å²) in [4.78, 5) is 4.43. The predicted molar refractivity (Wildman–Crippen MR) is 65.6 cm³/mol. The molecule has 1 saturated heterocycles. The zero-order valence-electron chi connectivity index (χ0n) is 10.2.